The second kappa shape index (κ2) is 7.09. The molecule has 0 aliphatic rings. The van der Waals surface area contributed by atoms with E-state index in [0.29, 0.717) is 9.13 Å². The van der Waals surface area contributed by atoms with Crippen LogP contribution in [0.5, 0.6) is 17.2 Å². The fourth-order valence-corrected chi connectivity index (χ4v) is 2.55. The van der Waals surface area contributed by atoms with E-state index in [1.807, 2.05) is 28.7 Å². The zero-order chi connectivity index (χ0) is 17.9. The van der Waals surface area contributed by atoms with Gasteiger partial charge in [0.05, 0.1) is 38.2 Å². The fraction of sp³-hybridized carbons (Fsp3) is 0.0714. The number of non-ortho nitro benzene ring substituents is 1. The minimum Gasteiger partial charge on any atom is -0.493 e. The number of nitro benzene ring substituents is 2. The summed E-state index contributed by atoms with van der Waals surface area (Å²) >= 11 is 1.90. The quantitative estimate of drug-likeness (QED) is 0.392. The van der Waals surface area contributed by atoms with E-state index in [1.165, 1.54) is 19.2 Å². The number of methoxy groups -OCH3 is 1. The average Bonchev–Trinajstić information content (AvgIpc) is 2.56. The van der Waals surface area contributed by atoms with E-state index in [1.54, 1.807) is 0 Å². The highest BCUT2D eigenvalue weighted by Gasteiger charge is 2.23. The van der Waals surface area contributed by atoms with E-state index in [0.717, 1.165) is 18.2 Å². The van der Waals surface area contributed by atoms with E-state index in [-0.39, 0.29) is 17.2 Å². The maximum atomic E-state index is 11.2. The molecule has 2 aromatic carbocycles. The van der Waals surface area contributed by atoms with Crippen molar-refractivity contribution in [2.75, 3.05) is 7.11 Å². The van der Waals surface area contributed by atoms with Gasteiger partial charge >= 0.3 is 5.69 Å². The van der Waals surface area contributed by atoms with Crippen LogP contribution in [0.15, 0.2) is 30.3 Å². The molecule has 0 N–H and O–H groups in total. The monoisotopic (exact) mass is 441 g/mol. The summed E-state index contributed by atoms with van der Waals surface area (Å²) < 4.78 is 11.2. The van der Waals surface area contributed by atoms with Gasteiger partial charge in [0.15, 0.2) is 11.5 Å². The van der Waals surface area contributed by atoms with Crippen LogP contribution in [0.25, 0.3) is 0 Å². The smallest absolute Gasteiger partial charge is 0.318 e. The van der Waals surface area contributed by atoms with Crippen LogP contribution in [0.4, 0.5) is 11.4 Å². The van der Waals surface area contributed by atoms with Gasteiger partial charge < -0.3 is 9.47 Å². The molecule has 0 unspecified atom stereocenters. The van der Waals surface area contributed by atoms with E-state index >= 15 is 0 Å². The van der Waals surface area contributed by atoms with Crippen LogP contribution < -0.4 is 9.47 Å². The lowest BCUT2D eigenvalue weighted by atomic mass is 10.2. The van der Waals surface area contributed by atoms with Crippen molar-refractivity contribution in [2.24, 2.45) is 0 Å². The van der Waals surface area contributed by atoms with Gasteiger partial charge in [0.25, 0.3) is 5.69 Å². The molecule has 2 rings (SSSR count). The molecule has 0 spiro atoms. The van der Waals surface area contributed by atoms with Gasteiger partial charge in [0, 0.05) is 12.1 Å². The van der Waals surface area contributed by atoms with Crippen LogP contribution in [-0.2, 0) is 0 Å². The van der Waals surface area contributed by atoms with Crippen LogP contribution in [0.2, 0.25) is 0 Å². The molecule has 0 fully saturated rings. The highest BCUT2D eigenvalue weighted by atomic mass is 127. The number of nitriles is 1. The molecule has 0 bridgehead atoms. The molecule has 10 heteroatoms. The van der Waals surface area contributed by atoms with Crippen molar-refractivity contribution in [3.8, 4) is 23.3 Å². The molecule has 0 atom stereocenters. The first-order chi connectivity index (χ1) is 11.4. The first-order valence-electron chi connectivity index (χ1n) is 6.25. The number of rotatable bonds is 5. The standard InChI is InChI=1S/C14H8IN3O6/c1-23-13-5-8(7-16)4-10(15)14(13)24-12-3-2-9(17(19)20)6-11(12)18(21)22/h2-6H,1H3. The highest BCUT2D eigenvalue weighted by Crippen LogP contribution is 2.41. The second-order valence-corrected chi connectivity index (χ2v) is 5.53. The van der Waals surface area contributed by atoms with Crippen LogP contribution in [0, 0.1) is 35.1 Å². The SMILES string of the molecule is COc1cc(C#N)cc(I)c1Oc1ccc([N+](=O)[O-])cc1[N+](=O)[O-]. The largest absolute Gasteiger partial charge is 0.493 e. The topological polar surface area (TPSA) is 129 Å². The molecule has 0 heterocycles. The third kappa shape index (κ3) is 3.51. The van der Waals surface area contributed by atoms with Gasteiger partial charge in [-0.1, -0.05) is 0 Å². The fourth-order valence-electron chi connectivity index (χ4n) is 1.84. The van der Waals surface area contributed by atoms with Crippen molar-refractivity contribution in [1.82, 2.24) is 0 Å². The lowest BCUT2D eigenvalue weighted by molar-refractivity contribution is -0.394. The van der Waals surface area contributed by atoms with Crippen LogP contribution >= 0.6 is 22.6 Å². The molecule has 0 aromatic heterocycles. The van der Waals surface area contributed by atoms with Crippen LogP contribution in [0.1, 0.15) is 5.56 Å². The van der Waals surface area contributed by atoms with Crippen molar-refractivity contribution in [3.63, 3.8) is 0 Å². The molecule has 24 heavy (non-hydrogen) atoms. The summed E-state index contributed by atoms with van der Waals surface area (Å²) in [5, 5.41) is 30.9. The van der Waals surface area contributed by atoms with Gasteiger partial charge in [-0.25, -0.2) is 0 Å². The van der Waals surface area contributed by atoms with Crippen molar-refractivity contribution in [2.45, 2.75) is 0 Å². The Bertz CT molecular complexity index is 878. The third-order valence-corrected chi connectivity index (χ3v) is 3.72. The Labute approximate surface area is 148 Å². The van der Waals surface area contributed by atoms with Crippen LogP contribution in [-0.4, -0.2) is 17.0 Å². The molecular weight excluding hydrogens is 433 g/mol. The minimum absolute atomic E-state index is 0.175. The Kier molecular flexibility index (Phi) is 5.14. The van der Waals surface area contributed by atoms with E-state index in [9.17, 15) is 20.2 Å². The lowest BCUT2D eigenvalue weighted by Crippen LogP contribution is -1.99. The van der Waals surface area contributed by atoms with E-state index in [4.69, 9.17) is 14.7 Å². The second-order valence-electron chi connectivity index (χ2n) is 4.37. The van der Waals surface area contributed by atoms with Crippen molar-refractivity contribution < 1.29 is 19.3 Å². The molecule has 0 aliphatic heterocycles. The molecule has 0 saturated carbocycles. The summed E-state index contributed by atoms with van der Waals surface area (Å²) in [5.74, 6) is 0.215. The Morgan fingerprint density at radius 1 is 1.12 bits per heavy atom. The van der Waals surface area contributed by atoms with Gasteiger partial charge in [0.1, 0.15) is 0 Å². The highest BCUT2D eigenvalue weighted by molar-refractivity contribution is 14.1. The van der Waals surface area contributed by atoms with Gasteiger partial charge in [0.2, 0.25) is 5.75 Å². The molecule has 9 nitrogen and oxygen atoms in total. The molecule has 2 aromatic rings. The van der Waals surface area contributed by atoms with Crippen molar-refractivity contribution in [3.05, 3.63) is 59.7 Å². The Balaban J connectivity index is 2.54. The summed E-state index contributed by atoms with van der Waals surface area (Å²) in [6.07, 6.45) is 0. The Hall–Kier alpha value is -2.94. The summed E-state index contributed by atoms with van der Waals surface area (Å²) in [5.41, 5.74) is -0.635. The maximum absolute atomic E-state index is 11.2. The summed E-state index contributed by atoms with van der Waals surface area (Å²) in [4.78, 5) is 20.4. The minimum atomic E-state index is -0.772. The number of nitrogens with zero attached hydrogens (tertiary/aromatic N) is 3. The van der Waals surface area contributed by atoms with Crippen molar-refractivity contribution in [1.29, 1.82) is 5.26 Å². The van der Waals surface area contributed by atoms with Gasteiger partial charge in [-0.2, -0.15) is 5.26 Å². The molecule has 0 radical (unpaired) electrons. The molecular formula is C14H8IN3O6. The number of hydrogen-bond acceptors (Lipinski definition) is 7. The predicted octanol–water partition coefficient (Wildman–Crippen LogP) is 3.78. The van der Waals surface area contributed by atoms with E-state index < -0.39 is 21.2 Å². The number of ether oxygens (including phenoxy) is 2. The summed E-state index contributed by atoms with van der Waals surface area (Å²) in [6.45, 7) is 0. The molecule has 0 saturated heterocycles. The van der Waals surface area contributed by atoms with Crippen molar-refractivity contribution >= 4 is 34.0 Å². The number of nitro groups is 2. The zero-order valence-electron chi connectivity index (χ0n) is 12.1. The zero-order valence-corrected chi connectivity index (χ0v) is 14.2. The van der Waals surface area contributed by atoms with Gasteiger partial charge in [-0.3, -0.25) is 20.2 Å². The Morgan fingerprint density at radius 2 is 1.83 bits per heavy atom. The summed E-state index contributed by atoms with van der Waals surface area (Å²) in [6, 6.07) is 7.97. The Morgan fingerprint density at radius 3 is 2.38 bits per heavy atom. The number of hydrogen-bond donors (Lipinski definition) is 0. The van der Waals surface area contributed by atoms with E-state index in [2.05, 4.69) is 0 Å². The van der Waals surface area contributed by atoms with Gasteiger partial charge in [-0.15, -0.1) is 0 Å². The maximum Gasteiger partial charge on any atom is 0.318 e. The van der Waals surface area contributed by atoms with Gasteiger partial charge in [-0.05, 0) is 34.7 Å². The summed E-state index contributed by atoms with van der Waals surface area (Å²) in [7, 11) is 1.36. The third-order valence-electron chi connectivity index (χ3n) is 2.92. The average molecular weight is 441 g/mol. The number of halogens is 1. The molecule has 0 amide bonds. The first-order valence-corrected chi connectivity index (χ1v) is 7.33. The molecule has 122 valence electrons. The predicted molar refractivity (Wildman–Crippen MR) is 90.3 cm³/mol. The normalized spacial score (nSPS) is 9.88. The van der Waals surface area contributed by atoms with Crippen LogP contribution in [0.3, 0.4) is 0 Å². The lowest BCUT2D eigenvalue weighted by Gasteiger charge is -2.12. The number of benzene rings is 2. The first kappa shape index (κ1) is 17.4. The molecule has 0 aliphatic carbocycles.